The quantitative estimate of drug-likeness (QED) is 0.376. The molecule has 120 valence electrons. The van der Waals surface area contributed by atoms with Crippen LogP contribution in [0.25, 0.3) is 10.9 Å². The highest BCUT2D eigenvalue weighted by molar-refractivity contribution is 9.10. The van der Waals surface area contributed by atoms with Crippen LogP contribution in [0.5, 0.6) is 5.75 Å². The van der Waals surface area contributed by atoms with Gasteiger partial charge in [-0.2, -0.15) is 0 Å². The molecule has 0 fully saturated rings. The second-order valence-electron chi connectivity index (χ2n) is 4.85. The number of pyridine rings is 1. The van der Waals surface area contributed by atoms with Crippen molar-refractivity contribution < 1.29 is 10.0 Å². The number of aromatic nitrogens is 1. The molecule has 0 radical (unpaired) electrons. The molecule has 8 heteroatoms. The van der Waals surface area contributed by atoms with Crippen LogP contribution < -0.4 is 0 Å². The van der Waals surface area contributed by atoms with Gasteiger partial charge in [0.05, 0.1) is 25.6 Å². The van der Waals surface area contributed by atoms with Crippen LogP contribution in [-0.4, -0.2) is 21.2 Å². The summed E-state index contributed by atoms with van der Waals surface area (Å²) in [5.41, 5.74) is 1.21. The number of halogens is 2. The summed E-state index contributed by atoms with van der Waals surface area (Å²) in [6.07, 6.45) is 2.98. The standard InChI is InChI=1S/C16H9BrClN3O3/c17-12-7-10(21(23)24)6-9(16(12)22)8-20-14-4-3-13(18)11-2-1-5-19-15(11)14/h1-8,22H. The Bertz CT molecular complexity index is 992. The number of nitro groups is 1. The lowest BCUT2D eigenvalue weighted by atomic mass is 10.1. The first kappa shape index (κ1) is 16.4. The van der Waals surface area contributed by atoms with E-state index in [1.807, 2.05) is 6.07 Å². The van der Waals surface area contributed by atoms with Crippen LogP contribution in [0.4, 0.5) is 11.4 Å². The minimum absolute atomic E-state index is 0.129. The molecular formula is C16H9BrClN3O3. The van der Waals surface area contributed by atoms with Crippen LogP contribution in [0, 0.1) is 10.1 Å². The van der Waals surface area contributed by atoms with Crippen LogP contribution in [0.15, 0.2) is 52.1 Å². The van der Waals surface area contributed by atoms with E-state index < -0.39 is 4.92 Å². The maximum absolute atomic E-state index is 10.9. The molecule has 0 amide bonds. The fraction of sp³-hybridized carbons (Fsp3) is 0. The van der Waals surface area contributed by atoms with Gasteiger partial charge in [-0.1, -0.05) is 11.6 Å². The number of benzene rings is 2. The van der Waals surface area contributed by atoms with Gasteiger partial charge < -0.3 is 5.11 Å². The number of hydrogen-bond acceptors (Lipinski definition) is 5. The Balaban J connectivity index is 2.10. The number of hydrogen-bond donors (Lipinski definition) is 1. The van der Waals surface area contributed by atoms with Crippen molar-refractivity contribution in [2.24, 2.45) is 4.99 Å². The predicted octanol–water partition coefficient (Wildman–Crippen LogP) is 5.02. The van der Waals surface area contributed by atoms with E-state index in [4.69, 9.17) is 11.6 Å². The summed E-state index contributed by atoms with van der Waals surface area (Å²) in [4.78, 5) is 19.0. The van der Waals surface area contributed by atoms with E-state index in [1.165, 1.54) is 18.3 Å². The van der Waals surface area contributed by atoms with Crippen molar-refractivity contribution in [1.82, 2.24) is 4.98 Å². The molecule has 3 aromatic rings. The molecule has 0 atom stereocenters. The molecule has 1 aromatic heterocycles. The van der Waals surface area contributed by atoms with Gasteiger partial charge in [0.1, 0.15) is 5.75 Å². The monoisotopic (exact) mass is 405 g/mol. The topological polar surface area (TPSA) is 88.6 Å². The van der Waals surface area contributed by atoms with Gasteiger partial charge in [0.15, 0.2) is 0 Å². The molecule has 3 rings (SSSR count). The lowest BCUT2D eigenvalue weighted by Gasteiger charge is -2.04. The Kier molecular flexibility index (Phi) is 4.46. The summed E-state index contributed by atoms with van der Waals surface area (Å²) in [5.74, 6) is -0.129. The SMILES string of the molecule is O=[N+]([O-])c1cc(Br)c(O)c(C=Nc2ccc(Cl)c3cccnc23)c1. The van der Waals surface area contributed by atoms with Crippen LogP contribution in [0.2, 0.25) is 5.02 Å². The Morgan fingerprint density at radius 1 is 1.33 bits per heavy atom. The molecule has 1 heterocycles. The van der Waals surface area contributed by atoms with Crippen molar-refractivity contribution in [2.75, 3.05) is 0 Å². The molecule has 2 aromatic carbocycles. The summed E-state index contributed by atoms with van der Waals surface area (Å²) in [7, 11) is 0. The summed E-state index contributed by atoms with van der Waals surface area (Å²) in [6, 6.07) is 9.45. The first-order chi connectivity index (χ1) is 11.5. The van der Waals surface area contributed by atoms with Crippen LogP contribution in [0.1, 0.15) is 5.56 Å². The molecule has 6 nitrogen and oxygen atoms in total. The zero-order valence-electron chi connectivity index (χ0n) is 12.0. The first-order valence-corrected chi connectivity index (χ1v) is 7.88. The number of aliphatic imine (C=N–C) groups is 1. The molecule has 0 aliphatic rings. The Morgan fingerprint density at radius 3 is 2.88 bits per heavy atom. The fourth-order valence-corrected chi connectivity index (χ4v) is 2.85. The predicted molar refractivity (Wildman–Crippen MR) is 96.5 cm³/mol. The van der Waals surface area contributed by atoms with E-state index in [2.05, 4.69) is 25.9 Å². The lowest BCUT2D eigenvalue weighted by molar-refractivity contribution is -0.385. The average molecular weight is 407 g/mol. The molecule has 0 aliphatic carbocycles. The number of phenols is 1. The van der Waals surface area contributed by atoms with Gasteiger partial charge in [0, 0.05) is 35.5 Å². The van der Waals surface area contributed by atoms with E-state index >= 15 is 0 Å². The summed E-state index contributed by atoms with van der Waals surface area (Å²) in [5, 5.41) is 22.3. The van der Waals surface area contributed by atoms with Crippen molar-refractivity contribution in [1.29, 1.82) is 0 Å². The molecule has 0 unspecified atom stereocenters. The van der Waals surface area contributed by atoms with Gasteiger partial charge in [-0.15, -0.1) is 0 Å². The molecule has 24 heavy (non-hydrogen) atoms. The Labute approximate surface area is 149 Å². The number of fused-ring (bicyclic) bond motifs is 1. The largest absolute Gasteiger partial charge is 0.506 e. The molecule has 0 aliphatic heterocycles. The summed E-state index contributed by atoms with van der Waals surface area (Å²) >= 11 is 9.23. The molecule has 1 N–H and O–H groups in total. The molecule has 0 saturated carbocycles. The third-order valence-electron chi connectivity index (χ3n) is 3.33. The van der Waals surface area contributed by atoms with Gasteiger partial charge in [0.2, 0.25) is 0 Å². The lowest BCUT2D eigenvalue weighted by Crippen LogP contribution is -1.92. The first-order valence-electron chi connectivity index (χ1n) is 6.71. The van der Waals surface area contributed by atoms with E-state index in [1.54, 1.807) is 24.4 Å². The Morgan fingerprint density at radius 2 is 2.12 bits per heavy atom. The van der Waals surface area contributed by atoms with E-state index in [9.17, 15) is 15.2 Å². The number of nitrogens with zero attached hydrogens (tertiary/aromatic N) is 3. The fourth-order valence-electron chi connectivity index (χ4n) is 2.18. The van der Waals surface area contributed by atoms with Crippen molar-refractivity contribution in [3.8, 4) is 5.75 Å². The highest BCUT2D eigenvalue weighted by Gasteiger charge is 2.14. The van der Waals surface area contributed by atoms with Gasteiger partial charge in [-0.25, -0.2) is 0 Å². The maximum Gasteiger partial charge on any atom is 0.271 e. The Hall–Kier alpha value is -2.51. The zero-order valence-corrected chi connectivity index (χ0v) is 14.3. The number of non-ortho nitro benzene ring substituents is 1. The summed E-state index contributed by atoms with van der Waals surface area (Å²) in [6.45, 7) is 0. The number of rotatable bonds is 3. The van der Waals surface area contributed by atoms with Crippen LogP contribution in [0.3, 0.4) is 0 Å². The van der Waals surface area contributed by atoms with Crippen molar-refractivity contribution in [3.63, 3.8) is 0 Å². The maximum atomic E-state index is 10.9. The third kappa shape index (κ3) is 3.08. The number of aromatic hydroxyl groups is 1. The summed E-state index contributed by atoms with van der Waals surface area (Å²) < 4.78 is 0.220. The minimum atomic E-state index is -0.541. The second kappa shape index (κ2) is 6.54. The van der Waals surface area contributed by atoms with Crippen molar-refractivity contribution in [3.05, 3.63) is 67.8 Å². The van der Waals surface area contributed by atoms with Gasteiger partial charge in [0.25, 0.3) is 5.69 Å². The average Bonchev–Trinajstić information content (AvgIpc) is 2.57. The molecular weight excluding hydrogens is 398 g/mol. The third-order valence-corrected chi connectivity index (χ3v) is 4.26. The highest BCUT2D eigenvalue weighted by atomic mass is 79.9. The number of phenolic OH excluding ortho intramolecular Hbond substituents is 1. The van der Waals surface area contributed by atoms with Crippen molar-refractivity contribution in [2.45, 2.75) is 0 Å². The molecule has 0 spiro atoms. The van der Waals surface area contributed by atoms with E-state index in [0.29, 0.717) is 16.2 Å². The number of nitro benzene ring substituents is 1. The smallest absolute Gasteiger partial charge is 0.271 e. The van der Waals surface area contributed by atoms with Crippen molar-refractivity contribution >= 4 is 56.0 Å². The van der Waals surface area contributed by atoms with E-state index in [0.717, 1.165) is 5.39 Å². The molecule has 0 bridgehead atoms. The minimum Gasteiger partial charge on any atom is -0.506 e. The van der Waals surface area contributed by atoms with Gasteiger partial charge in [-0.3, -0.25) is 20.1 Å². The second-order valence-corrected chi connectivity index (χ2v) is 6.11. The van der Waals surface area contributed by atoms with E-state index in [-0.39, 0.29) is 21.5 Å². The highest BCUT2D eigenvalue weighted by Crippen LogP contribution is 2.33. The molecule has 0 saturated heterocycles. The normalized spacial score (nSPS) is 11.2. The van der Waals surface area contributed by atoms with Crippen LogP contribution >= 0.6 is 27.5 Å². The van der Waals surface area contributed by atoms with Crippen LogP contribution in [-0.2, 0) is 0 Å². The van der Waals surface area contributed by atoms with Gasteiger partial charge >= 0.3 is 0 Å². The zero-order chi connectivity index (χ0) is 17.3. The van der Waals surface area contributed by atoms with Gasteiger partial charge in [-0.05, 0) is 40.2 Å².